The van der Waals surface area contributed by atoms with Crippen LogP contribution in [0.15, 0.2) is 151 Å². The molecule has 0 aromatic heterocycles. The van der Waals surface area contributed by atoms with Crippen molar-refractivity contribution in [2.24, 2.45) is 0 Å². The lowest BCUT2D eigenvalue weighted by atomic mass is 10.1. The molecule has 0 unspecified atom stereocenters. The topological polar surface area (TPSA) is 137 Å². The Morgan fingerprint density at radius 1 is 0.673 bits per heavy atom. The average molecular weight is 672 g/mol. The zero-order chi connectivity index (χ0) is 34.6. The third-order valence-corrected chi connectivity index (χ3v) is 11.8. The molecule has 0 heterocycles. The fourth-order valence-electron chi connectivity index (χ4n) is 5.48. The standard InChI is InChI=1S/C39H35N4O5P/c1-40-38(47)29-17-23-34(24-18-29)49(32-13-7-3-8-14-32,33-15-9-4-10-16-33)27-37(46)41-30-19-21-31(22-20-30)42-39(48)35(43-36(45)26-44)25-28-11-5-2-6-12-28/h2-24,26-27,35H,25H2,1H3,(H4-,40,41,42,43,44,45,46,47,48)/p+1/b37-27-/t35-/m0/s1. The Balaban J connectivity index is 1.42. The first-order chi connectivity index (χ1) is 23.8. The number of aliphatic hydroxyl groups excluding tert-OH is 1. The second-order valence-electron chi connectivity index (χ2n) is 11.1. The van der Waals surface area contributed by atoms with E-state index < -0.39 is 25.1 Å². The molecule has 9 nitrogen and oxygen atoms in total. The average Bonchev–Trinajstić information content (AvgIpc) is 3.15. The summed E-state index contributed by atoms with van der Waals surface area (Å²) < 4.78 is 0. The number of aliphatic hydroxyl groups is 1. The highest BCUT2D eigenvalue weighted by molar-refractivity contribution is 7.98. The Kier molecular flexibility index (Phi) is 11.3. The van der Waals surface area contributed by atoms with Gasteiger partial charge in [0.1, 0.15) is 35.0 Å². The normalized spacial score (nSPS) is 11.9. The van der Waals surface area contributed by atoms with E-state index in [1.807, 2.05) is 109 Å². The number of rotatable bonds is 13. The number of amides is 3. The highest BCUT2D eigenvalue weighted by Gasteiger charge is 2.45. The summed E-state index contributed by atoms with van der Waals surface area (Å²) in [5.74, 6) is 0.224. The van der Waals surface area contributed by atoms with Crippen LogP contribution in [0.3, 0.4) is 0 Å². The van der Waals surface area contributed by atoms with E-state index >= 15 is 0 Å². The zero-order valence-corrected chi connectivity index (χ0v) is 27.6. The second-order valence-corrected chi connectivity index (χ2v) is 14.3. The first-order valence-corrected chi connectivity index (χ1v) is 17.4. The highest BCUT2D eigenvalue weighted by atomic mass is 31.2. The predicted molar refractivity (Wildman–Crippen MR) is 196 cm³/mol. The lowest BCUT2D eigenvalue weighted by Crippen LogP contribution is -2.45. The number of carbonyl (C=O) groups excluding carboxylic acids is 4. The molecular weight excluding hydrogens is 635 g/mol. The van der Waals surface area contributed by atoms with Crippen molar-refractivity contribution in [3.63, 3.8) is 0 Å². The summed E-state index contributed by atoms with van der Waals surface area (Å²) in [7, 11) is -1.02. The molecule has 3 amide bonds. The van der Waals surface area contributed by atoms with Crippen LogP contribution in [0.5, 0.6) is 0 Å². The molecule has 0 radical (unpaired) electrons. The molecule has 0 saturated heterocycles. The summed E-state index contributed by atoms with van der Waals surface area (Å²) in [5, 5.41) is 25.5. The van der Waals surface area contributed by atoms with E-state index in [0.29, 0.717) is 16.9 Å². The minimum atomic E-state index is -2.61. The summed E-state index contributed by atoms with van der Waals surface area (Å²) in [4.78, 5) is 48.3. The lowest BCUT2D eigenvalue weighted by molar-refractivity contribution is -0.133. The van der Waals surface area contributed by atoms with Crippen LogP contribution >= 0.6 is 7.26 Å². The Morgan fingerprint density at radius 2 is 1.16 bits per heavy atom. The minimum absolute atomic E-state index is 0.0762. The van der Waals surface area contributed by atoms with Gasteiger partial charge in [-0.2, -0.15) is 0 Å². The maximum absolute atomic E-state index is 13.1. The van der Waals surface area contributed by atoms with E-state index in [0.717, 1.165) is 21.5 Å². The Hall–Kier alpha value is -6.05. The molecule has 1 atom stereocenters. The molecule has 246 valence electrons. The molecule has 0 aliphatic rings. The fraction of sp³-hybridized carbons (Fsp3) is 0.0769. The van der Waals surface area contributed by atoms with Crippen LogP contribution in [-0.4, -0.2) is 42.2 Å². The maximum Gasteiger partial charge on any atom is 0.284 e. The molecule has 5 aromatic rings. The number of aldehydes is 1. The Morgan fingerprint density at radius 3 is 1.67 bits per heavy atom. The number of benzene rings is 5. The maximum atomic E-state index is 13.1. The number of carbonyl (C=O) groups is 4. The van der Waals surface area contributed by atoms with Gasteiger partial charge in [0.2, 0.25) is 18.1 Å². The number of hydrogen-bond donors (Lipinski definition) is 5. The fourth-order valence-corrected chi connectivity index (χ4v) is 9.16. The van der Waals surface area contributed by atoms with E-state index in [2.05, 4.69) is 21.3 Å². The molecule has 5 N–H and O–H groups in total. The van der Waals surface area contributed by atoms with Crippen molar-refractivity contribution in [3.05, 3.63) is 162 Å². The van der Waals surface area contributed by atoms with Gasteiger partial charge in [-0.15, -0.1) is 0 Å². The summed E-state index contributed by atoms with van der Waals surface area (Å²) >= 11 is 0. The van der Waals surface area contributed by atoms with Crippen LogP contribution in [0, 0.1) is 0 Å². The van der Waals surface area contributed by atoms with Crippen molar-refractivity contribution in [2.75, 3.05) is 17.7 Å². The molecule has 0 aliphatic heterocycles. The van der Waals surface area contributed by atoms with Gasteiger partial charge >= 0.3 is 0 Å². The van der Waals surface area contributed by atoms with Crippen molar-refractivity contribution in [3.8, 4) is 0 Å². The van der Waals surface area contributed by atoms with E-state index in [4.69, 9.17) is 0 Å². The van der Waals surface area contributed by atoms with Gasteiger partial charge in [-0.05, 0) is 78.4 Å². The van der Waals surface area contributed by atoms with E-state index in [9.17, 15) is 24.3 Å². The monoisotopic (exact) mass is 671 g/mol. The van der Waals surface area contributed by atoms with Gasteiger partial charge in [0.15, 0.2) is 0 Å². The summed E-state index contributed by atoms with van der Waals surface area (Å²) in [6.45, 7) is 0. The minimum Gasteiger partial charge on any atom is -0.492 e. The number of hydrogen-bond acceptors (Lipinski definition) is 6. The van der Waals surface area contributed by atoms with Crippen molar-refractivity contribution in [1.82, 2.24) is 10.6 Å². The molecule has 0 spiro atoms. The van der Waals surface area contributed by atoms with Gasteiger partial charge in [-0.3, -0.25) is 19.2 Å². The third kappa shape index (κ3) is 8.46. The Labute approximate surface area is 285 Å². The smallest absolute Gasteiger partial charge is 0.284 e. The van der Waals surface area contributed by atoms with Gasteiger partial charge in [0.05, 0.1) is 0 Å². The van der Waals surface area contributed by atoms with E-state index in [-0.39, 0.29) is 24.5 Å². The van der Waals surface area contributed by atoms with Gasteiger partial charge in [0.25, 0.3) is 11.8 Å². The second kappa shape index (κ2) is 16.2. The zero-order valence-electron chi connectivity index (χ0n) is 26.7. The SMILES string of the molecule is CNC(=O)c1ccc([P+](/C=C(\O)Nc2ccc(NC(=O)[C@H](Cc3ccccc3)NC(=O)C=O)cc2)(c2ccccc2)c2ccccc2)cc1. The van der Waals surface area contributed by atoms with Crippen LogP contribution < -0.4 is 37.2 Å². The van der Waals surface area contributed by atoms with Crippen molar-refractivity contribution in [1.29, 1.82) is 0 Å². The van der Waals surface area contributed by atoms with Crippen LogP contribution in [0.25, 0.3) is 0 Å². The van der Waals surface area contributed by atoms with Gasteiger partial charge in [-0.1, -0.05) is 66.7 Å². The third-order valence-electron chi connectivity index (χ3n) is 7.85. The first kappa shape index (κ1) is 34.3. The van der Waals surface area contributed by atoms with Crippen LogP contribution in [0.1, 0.15) is 15.9 Å². The van der Waals surface area contributed by atoms with Crippen molar-refractivity contribution in [2.45, 2.75) is 12.5 Å². The molecule has 10 heteroatoms. The molecule has 5 aromatic carbocycles. The number of anilines is 2. The van der Waals surface area contributed by atoms with Crippen LogP contribution in [-0.2, 0) is 20.8 Å². The lowest BCUT2D eigenvalue weighted by Gasteiger charge is -2.24. The molecule has 49 heavy (non-hydrogen) atoms. The highest BCUT2D eigenvalue weighted by Crippen LogP contribution is 2.57. The van der Waals surface area contributed by atoms with Crippen LogP contribution in [0.4, 0.5) is 11.4 Å². The molecule has 0 fully saturated rings. The van der Waals surface area contributed by atoms with Crippen molar-refractivity contribution >= 4 is 58.6 Å². The van der Waals surface area contributed by atoms with E-state index in [1.165, 1.54) is 0 Å². The molecular formula is C39H36N4O5P+. The summed E-state index contributed by atoms with van der Waals surface area (Å²) in [5.41, 5.74) is 2.38. The van der Waals surface area contributed by atoms with E-state index in [1.54, 1.807) is 43.4 Å². The number of nitrogens with one attached hydrogen (secondary N) is 4. The van der Waals surface area contributed by atoms with Crippen LogP contribution in [0.2, 0.25) is 0 Å². The largest absolute Gasteiger partial charge is 0.492 e. The van der Waals surface area contributed by atoms with Crippen molar-refractivity contribution < 1.29 is 24.3 Å². The molecule has 0 aliphatic carbocycles. The first-order valence-electron chi connectivity index (χ1n) is 15.5. The quantitative estimate of drug-likeness (QED) is 0.0534. The van der Waals surface area contributed by atoms with Gasteiger partial charge < -0.3 is 26.4 Å². The van der Waals surface area contributed by atoms with Gasteiger partial charge in [0, 0.05) is 30.4 Å². The summed E-state index contributed by atoms with van der Waals surface area (Å²) in [6, 6.07) is 42.3. The molecule has 0 saturated carbocycles. The summed E-state index contributed by atoms with van der Waals surface area (Å²) in [6.07, 6.45) is 0.338. The molecule has 5 rings (SSSR count). The predicted octanol–water partition coefficient (Wildman–Crippen LogP) is 4.67. The Bertz CT molecular complexity index is 1880. The van der Waals surface area contributed by atoms with Gasteiger partial charge in [-0.25, -0.2) is 0 Å². The molecule has 0 bridgehead atoms.